The number of ether oxygens (including phenoxy) is 1. The first-order valence-corrected chi connectivity index (χ1v) is 11.8. The summed E-state index contributed by atoms with van der Waals surface area (Å²) in [6, 6.07) is 0.799. The number of carbonyl (C=O) groups is 1. The molecule has 154 valence electrons. The topological polar surface area (TPSA) is 32.8 Å². The van der Waals surface area contributed by atoms with E-state index in [4.69, 9.17) is 4.74 Å². The van der Waals surface area contributed by atoms with Crippen LogP contribution >= 0.6 is 0 Å². The van der Waals surface area contributed by atoms with Gasteiger partial charge in [0.05, 0.1) is 0 Å². The van der Waals surface area contributed by atoms with Gasteiger partial charge in [0.1, 0.15) is 0 Å². The fourth-order valence-corrected chi connectivity index (χ4v) is 5.86. The van der Waals surface area contributed by atoms with Crippen molar-refractivity contribution in [3.63, 3.8) is 0 Å². The van der Waals surface area contributed by atoms with Gasteiger partial charge in [0.25, 0.3) is 0 Å². The van der Waals surface area contributed by atoms with Gasteiger partial charge in [-0.25, -0.2) is 0 Å². The molecule has 0 unspecified atom stereocenters. The van der Waals surface area contributed by atoms with Crippen molar-refractivity contribution in [1.29, 1.82) is 0 Å². The van der Waals surface area contributed by atoms with Crippen molar-refractivity contribution >= 4 is 21.1 Å². The van der Waals surface area contributed by atoms with Crippen molar-refractivity contribution in [2.75, 3.05) is 27.2 Å². The van der Waals surface area contributed by atoms with Crippen molar-refractivity contribution in [1.82, 2.24) is 9.80 Å². The van der Waals surface area contributed by atoms with Crippen LogP contribution in [0.25, 0.3) is 0 Å². The van der Waals surface area contributed by atoms with E-state index in [1.54, 1.807) is 0 Å². The van der Waals surface area contributed by atoms with Crippen LogP contribution in [0.2, 0.25) is 5.32 Å². The summed E-state index contributed by atoms with van der Waals surface area (Å²) in [6.45, 7) is 5.42. The van der Waals surface area contributed by atoms with Gasteiger partial charge in [-0.2, -0.15) is 0 Å². The Morgan fingerprint density at radius 1 is 1.21 bits per heavy atom. The Morgan fingerprint density at radius 3 is 2.43 bits per heavy atom. The van der Waals surface area contributed by atoms with E-state index >= 15 is 0 Å². The number of hydrogen-bond acceptors (Lipinski definition) is 3. The minimum Gasteiger partial charge on any atom is -0.0312 e. The summed E-state index contributed by atoms with van der Waals surface area (Å²) in [6.07, 6.45) is 18.7. The smallest absolute Gasteiger partial charge is 0.0312 e. The molecule has 3 rings (SSSR count). The Balaban J connectivity index is 0.000000567. The Bertz CT molecular complexity index is 427. The number of amides is 1. The molecule has 3 aliphatic rings. The molecule has 0 aromatic heterocycles. The van der Waals surface area contributed by atoms with E-state index in [9.17, 15) is 4.79 Å². The van der Waals surface area contributed by atoms with Crippen LogP contribution in [0.5, 0.6) is 0 Å². The van der Waals surface area contributed by atoms with Crippen molar-refractivity contribution in [3.05, 3.63) is 62.1 Å². The molecule has 1 saturated heterocycles. The first-order chi connectivity index (χ1) is 13.0. The average molecular weight is 491 g/mol. The quantitative estimate of drug-likeness (QED) is 0.534. The van der Waals surface area contributed by atoms with Gasteiger partial charge < -0.3 is 0 Å². The minimum absolute atomic E-state index is 0. The number of hydrogen-bond donors (Lipinski definition) is 0. The van der Waals surface area contributed by atoms with Crippen molar-refractivity contribution in [2.24, 2.45) is 0 Å². The largest absolute Gasteiger partial charge is 2.00 e. The second-order valence-electron chi connectivity index (χ2n) is 6.95. The van der Waals surface area contributed by atoms with Gasteiger partial charge >= 0.3 is 159 Å². The van der Waals surface area contributed by atoms with E-state index < -0.39 is 0 Å². The molecule has 0 N–H and O–H groups in total. The zero-order chi connectivity index (χ0) is 19.6. The van der Waals surface area contributed by atoms with Crippen LogP contribution in [0.4, 0.5) is 4.79 Å². The van der Waals surface area contributed by atoms with Gasteiger partial charge in [-0.05, 0) is 32.1 Å². The molecule has 6 heteroatoms. The van der Waals surface area contributed by atoms with E-state index in [2.05, 4.69) is 45.2 Å². The molecule has 10 radical (unpaired) electrons. The predicted molar refractivity (Wildman–Crippen MR) is 111 cm³/mol. The second-order valence-corrected chi connectivity index (χ2v) is 9.17. The number of nitrogens with zero attached hydrogens (tertiary/aromatic N) is 2. The van der Waals surface area contributed by atoms with Gasteiger partial charge in [0, 0.05) is 0 Å². The molecule has 2 atom stereocenters. The van der Waals surface area contributed by atoms with Crippen molar-refractivity contribution in [2.45, 2.75) is 44.1 Å². The van der Waals surface area contributed by atoms with Crippen LogP contribution in [0.15, 0.2) is 0 Å². The summed E-state index contributed by atoms with van der Waals surface area (Å²) in [4.78, 5) is 17.6. The third-order valence-corrected chi connectivity index (χ3v) is 7.49. The Hall–Kier alpha value is 0.269. The summed E-state index contributed by atoms with van der Waals surface area (Å²) in [5.41, 5.74) is 0. The molecule has 1 aliphatic heterocycles. The van der Waals surface area contributed by atoms with Crippen molar-refractivity contribution < 1.29 is 26.6 Å². The SMILES string of the molecule is CCOC(=O)N1CCC[C@@H]1C[Se][C]1[CH][CH][CH][C]1[C@@H](C)N(C)C.[CH]1[CH][CH][CH][CH]1.[Fe+2]. The fraction of sp³-hybridized carbons (Fsp3) is 0.500. The number of likely N-dealkylation sites (tertiary alicyclic amines) is 1. The van der Waals surface area contributed by atoms with Crippen molar-refractivity contribution in [3.8, 4) is 0 Å². The molecule has 0 aromatic carbocycles. The Labute approximate surface area is 190 Å². The molecule has 1 heterocycles. The van der Waals surface area contributed by atoms with E-state index in [1.807, 2.05) is 43.9 Å². The van der Waals surface area contributed by atoms with Gasteiger partial charge in [-0.15, -0.1) is 0 Å². The maximum Gasteiger partial charge on any atom is 2.00 e. The van der Waals surface area contributed by atoms with E-state index in [0.29, 0.717) is 33.6 Å². The predicted octanol–water partition coefficient (Wildman–Crippen LogP) is 3.43. The molecule has 2 aliphatic carbocycles. The third-order valence-electron chi connectivity index (χ3n) is 4.90. The zero-order valence-corrected chi connectivity index (χ0v) is 20.1. The normalized spacial score (nSPS) is 24.0. The van der Waals surface area contributed by atoms with Gasteiger partial charge in [0.2, 0.25) is 0 Å². The molecule has 3 fully saturated rings. The molecule has 0 bridgehead atoms. The van der Waals surface area contributed by atoms with E-state index in [-0.39, 0.29) is 23.2 Å². The second kappa shape index (κ2) is 14.3. The maximum atomic E-state index is 12.0. The Kier molecular flexibility index (Phi) is 13.4. The van der Waals surface area contributed by atoms with Crippen LogP contribution < -0.4 is 0 Å². The van der Waals surface area contributed by atoms with Gasteiger partial charge in [0.15, 0.2) is 0 Å². The molecule has 0 aromatic rings. The van der Waals surface area contributed by atoms with Crippen LogP contribution in [0.3, 0.4) is 0 Å². The third kappa shape index (κ3) is 8.18. The molecule has 4 nitrogen and oxygen atoms in total. The zero-order valence-electron chi connectivity index (χ0n) is 17.3. The molecule has 1 amide bonds. The van der Waals surface area contributed by atoms with Gasteiger partial charge in [-0.3, -0.25) is 0 Å². The first-order valence-electron chi connectivity index (χ1n) is 9.69. The number of rotatable bonds is 6. The monoisotopic (exact) mass is 492 g/mol. The first kappa shape index (κ1) is 26.3. The standard InChI is InChI=1S/C17H27N2O2Se.C5H5.Fe/c1-5-21-17(20)19-11-7-8-14(19)12-22-16-10-6-9-15(16)13(2)18(3)4;1-2-4-5-3-1;/h6,9-10,13-14H,5,7-8,11-12H2,1-4H3;1-5H;/q;;+2/t13-,14-;;/m1../s1. The van der Waals surface area contributed by atoms with Crippen LogP contribution in [-0.2, 0) is 21.8 Å². The Morgan fingerprint density at radius 2 is 1.86 bits per heavy atom. The molecular weight excluding hydrogens is 459 g/mol. The number of carbonyl (C=O) groups excluding carboxylic acids is 1. The maximum absolute atomic E-state index is 12.0. The summed E-state index contributed by atoms with van der Waals surface area (Å²) in [5, 5.41) is 1.09. The molecule has 0 spiro atoms. The van der Waals surface area contributed by atoms with Crippen LogP contribution in [0.1, 0.15) is 26.7 Å². The summed E-state index contributed by atoms with van der Waals surface area (Å²) >= 11 is 0.406. The van der Waals surface area contributed by atoms with Gasteiger partial charge in [-0.1, -0.05) is 0 Å². The summed E-state index contributed by atoms with van der Waals surface area (Å²) < 4.78 is 5.17. The molecule has 28 heavy (non-hydrogen) atoms. The summed E-state index contributed by atoms with van der Waals surface area (Å²) in [5.74, 6) is 1.44. The molecule has 2 saturated carbocycles. The van der Waals surface area contributed by atoms with Crippen LogP contribution in [0, 0.1) is 62.1 Å². The van der Waals surface area contributed by atoms with E-state index in [0.717, 1.165) is 24.7 Å². The summed E-state index contributed by atoms with van der Waals surface area (Å²) in [7, 11) is 4.24. The van der Waals surface area contributed by atoms with E-state index in [1.165, 1.54) is 10.7 Å². The molecular formula is C22H32FeN2O2Se+2. The average Bonchev–Trinajstić information content (AvgIpc) is 3.42. The minimum atomic E-state index is -0.134. The van der Waals surface area contributed by atoms with Crippen LogP contribution in [-0.4, -0.2) is 70.2 Å². The fourth-order valence-electron chi connectivity index (χ4n) is 3.13.